The Bertz CT molecular complexity index is 493. The van der Waals surface area contributed by atoms with E-state index in [1.807, 2.05) is 25.1 Å². The highest BCUT2D eigenvalue weighted by atomic mass is 32.1. The van der Waals surface area contributed by atoms with Crippen molar-refractivity contribution < 1.29 is 14.3 Å². The van der Waals surface area contributed by atoms with Crippen LogP contribution < -0.4 is 10.7 Å². The molecule has 0 amide bonds. The van der Waals surface area contributed by atoms with Gasteiger partial charge in [-0.05, 0) is 31.3 Å². The second-order valence-corrected chi connectivity index (χ2v) is 4.33. The monoisotopic (exact) mass is 310 g/mol. The molecule has 1 aromatic rings. The van der Waals surface area contributed by atoms with Gasteiger partial charge in [-0.1, -0.05) is 6.07 Å². The van der Waals surface area contributed by atoms with Gasteiger partial charge in [-0.25, -0.2) is 0 Å². The molecule has 0 bridgehead atoms. The largest absolute Gasteiger partial charge is 0.463 e. The highest BCUT2D eigenvalue weighted by Crippen LogP contribution is 1.94. The maximum Gasteiger partial charge on any atom is 0.302 e. The van der Waals surface area contributed by atoms with Gasteiger partial charge in [0.1, 0.15) is 13.3 Å². The molecule has 0 aromatic carbocycles. The van der Waals surface area contributed by atoms with Crippen LogP contribution in [-0.4, -0.2) is 41.7 Å². The quantitative estimate of drug-likeness (QED) is 0.192. The van der Waals surface area contributed by atoms with Crippen LogP contribution in [0.4, 0.5) is 0 Å². The average Bonchev–Trinajstić information content (AvgIpc) is 2.49. The number of hydrazone groups is 1. The van der Waals surface area contributed by atoms with Crippen LogP contribution in [0.15, 0.2) is 29.5 Å². The molecule has 0 fully saturated rings. The van der Waals surface area contributed by atoms with Crippen molar-refractivity contribution in [1.82, 2.24) is 15.7 Å². The van der Waals surface area contributed by atoms with Crippen LogP contribution in [0.2, 0.25) is 0 Å². The van der Waals surface area contributed by atoms with Gasteiger partial charge < -0.3 is 14.8 Å². The Morgan fingerprint density at radius 2 is 2.19 bits per heavy atom. The van der Waals surface area contributed by atoms with Gasteiger partial charge in [0.05, 0.1) is 18.0 Å². The molecule has 0 aliphatic heterocycles. The third-order valence-corrected chi connectivity index (χ3v) is 2.46. The van der Waals surface area contributed by atoms with Crippen LogP contribution in [0.5, 0.6) is 0 Å². The van der Waals surface area contributed by atoms with Gasteiger partial charge in [-0.3, -0.25) is 15.2 Å². The number of carbonyl (C=O) groups excluding carboxylic acids is 1. The maximum atomic E-state index is 10.5. The highest BCUT2D eigenvalue weighted by molar-refractivity contribution is 7.80. The van der Waals surface area contributed by atoms with Crippen LogP contribution in [0.25, 0.3) is 0 Å². The summed E-state index contributed by atoms with van der Waals surface area (Å²) in [6.07, 6.45) is 1.70. The topological polar surface area (TPSA) is 84.8 Å². The van der Waals surface area contributed by atoms with Crippen LogP contribution in [-0.2, 0) is 14.3 Å². The lowest BCUT2D eigenvalue weighted by Gasteiger charge is -2.08. The van der Waals surface area contributed by atoms with E-state index in [2.05, 4.69) is 20.8 Å². The van der Waals surface area contributed by atoms with Crippen molar-refractivity contribution in [3.63, 3.8) is 0 Å². The van der Waals surface area contributed by atoms with Crippen molar-refractivity contribution in [2.45, 2.75) is 13.8 Å². The third kappa shape index (κ3) is 7.95. The maximum absolute atomic E-state index is 10.5. The highest BCUT2D eigenvalue weighted by Gasteiger charge is 1.98. The minimum atomic E-state index is -0.330. The lowest BCUT2D eigenvalue weighted by atomic mass is 10.3. The molecule has 8 heteroatoms. The van der Waals surface area contributed by atoms with Gasteiger partial charge >= 0.3 is 5.97 Å². The zero-order valence-electron chi connectivity index (χ0n) is 12.0. The zero-order valence-corrected chi connectivity index (χ0v) is 12.8. The Kier molecular flexibility index (Phi) is 7.92. The Morgan fingerprint density at radius 3 is 2.86 bits per heavy atom. The van der Waals surface area contributed by atoms with Crippen molar-refractivity contribution in [3.8, 4) is 0 Å². The Hall–Kier alpha value is -2.06. The lowest BCUT2D eigenvalue weighted by molar-refractivity contribution is -0.142. The minimum Gasteiger partial charge on any atom is -0.463 e. The second kappa shape index (κ2) is 9.78. The predicted octanol–water partition coefficient (Wildman–Crippen LogP) is 0.807. The average molecular weight is 310 g/mol. The standard InChI is InChI=1S/C13H18N4O3S/c1-10(12-5-3-4-6-14-12)16-17-13(21)15-9-19-7-8-20-11(2)18/h3-6H,7-9H2,1-2H3,(H2,15,17,21)/b16-10-. The van der Waals surface area contributed by atoms with E-state index in [9.17, 15) is 4.79 Å². The van der Waals surface area contributed by atoms with Crippen LogP contribution in [0.1, 0.15) is 19.5 Å². The number of rotatable bonds is 7. The van der Waals surface area contributed by atoms with E-state index >= 15 is 0 Å². The molecule has 0 unspecified atom stereocenters. The van der Waals surface area contributed by atoms with Gasteiger partial charge in [0.15, 0.2) is 5.11 Å². The normalized spacial score (nSPS) is 10.9. The van der Waals surface area contributed by atoms with E-state index < -0.39 is 0 Å². The number of ether oxygens (including phenoxy) is 2. The molecule has 0 atom stereocenters. The SMILES string of the molecule is CC(=O)OCCOCNC(=S)N/N=C(/C)c1ccccn1. The van der Waals surface area contributed by atoms with E-state index in [1.54, 1.807) is 6.20 Å². The first-order valence-electron chi connectivity index (χ1n) is 6.30. The molecule has 0 aliphatic carbocycles. The fourth-order valence-corrected chi connectivity index (χ4v) is 1.35. The van der Waals surface area contributed by atoms with E-state index in [0.717, 1.165) is 11.4 Å². The number of aromatic nitrogens is 1. The smallest absolute Gasteiger partial charge is 0.302 e. The number of pyridine rings is 1. The number of esters is 1. The Morgan fingerprint density at radius 1 is 1.38 bits per heavy atom. The molecule has 1 rings (SSSR count). The predicted molar refractivity (Wildman–Crippen MR) is 82.8 cm³/mol. The second-order valence-electron chi connectivity index (χ2n) is 3.92. The first-order valence-corrected chi connectivity index (χ1v) is 6.71. The van der Waals surface area contributed by atoms with Crippen molar-refractivity contribution in [3.05, 3.63) is 30.1 Å². The fourth-order valence-electron chi connectivity index (χ4n) is 1.24. The molecular weight excluding hydrogens is 292 g/mol. The summed E-state index contributed by atoms with van der Waals surface area (Å²) in [6, 6.07) is 5.58. The molecule has 2 N–H and O–H groups in total. The van der Waals surface area contributed by atoms with Gasteiger partial charge in [0, 0.05) is 13.1 Å². The number of hydrogen-bond acceptors (Lipinski definition) is 6. The number of nitrogens with one attached hydrogen (secondary N) is 2. The van der Waals surface area contributed by atoms with Crippen molar-refractivity contribution in [2.24, 2.45) is 5.10 Å². The van der Waals surface area contributed by atoms with Crippen LogP contribution >= 0.6 is 12.2 Å². The number of thiocarbonyl (C=S) groups is 1. The van der Waals surface area contributed by atoms with E-state index in [1.165, 1.54) is 6.92 Å². The minimum absolute atomic E-state index is 0.200. The molecule has 0 spiro atoms. The van der Waals surface area contributed by atoms with Crippen molar-refractivity contribution in [1.29, 1.82) is 0 Å². The van der Waals surface area contributed by atoms with E-state index in [0.29, 0.717) is 11.7 Å². The third-order valence-electron chi connectivity index (χ3n) is 2.23. The summed E-state index contributed by atoms with van der Waals surface area (Å²) in [5.41, 5.74) is 4.18. The first kappa shape index (κ1) is 17.0. The number of hydrogen-bond donors (Lipinski definition) is 2. The molecule has 1 heterocycles. The molecule has 114 valence electrons. The Balaban J connectivity index is 2.18. The van der Waals surface area contributed by atoms with Crippen molar-refractivity contribution in [2.75, 3.05) is 19.9 Å². The fraction of sp³-hybridized carbons (Fsp3) is 0.385. The van der Waals surface area contributed by atoms with Crippen LogP contribution in [0.3, 0.4) is 0 Å². The summed E-state index contributed by atoms with van der Waals surface area (Å²) in [5, 5.41) is 7.25. The summed E-state index contributed by atoms with van der Waals surface area (Å²) in [7, 11) is 0. The van der Waals surface area contributed by atoms with Gasteiger partial charge in [-0.15, -0.1) is 0 Å². The molecule has 21 heavy (non-hydrogen) atoms. The van der Waals surface area contributed by atoms with E-state index in [4.69, 9.17) is 21.7 Å². The summed E-state index contributed by atoms with van der Waals surface area (Å²) in [6.45, 7) is 3.89. The summed E-state index contributed by atoms with van der Waals surface area (Å²) < 4.78 is 9.88. The molecule has 0 radical (unpaired) electrons. The first-order chi connectivity index (χ1) is 10.1. The lowest BCUT2D eigenvalue weighted by Crippen LogP contribution is -2.34. The summed E-state index contributed by atoms with van der Waals surface area (Å²) in [5.74, 6) is -0.330. The molecule has 0 saturated carbocycles. The number of carbonyl (C=O) groups is 1. The molecule has 1 aromatic heterocycles. The molecule has 0 aliphatic rings. The Labute approximate surface area is 128 Å². The number of nitrogens with zero attached hydrogens (tertiary/aromatic N) is 2. The van der Waals surface area contributed by atoms with Crippen molar-refractivity contribution >= 4 is 29.0 Å². The van der Waals surface area contributed by atoms with Gasteiger partial charge in [0.2, 0.25) is 0 Å². The van der Waals surface area contributed by atoms with Gasteiger partial charge in [0.25, 0.3) is 0 Å². The molecule has 7 nitrogen and oxygen atoms in total. The van der Waals surface area contributed by atoms with E-state index in [-0.39, 0.29) is 19.3 Å². The van der Waals surface area contributed by atoms with Gasteiger partial charge in [-0.2, -0.15) is 5.10 Å². The molecule has 0 saturated heterocycles. The summed E-state index contributed by atoms with van der Waals surface area (Å²) >= 11 is 5.03. The van der Waals surface area contributed by atoms with Crippen LogP contribution in [0, 0.1) is 0 Å². The zero-order chi connectivity index (χ0) is 15.5. The summed E-state index contributed by atoms with van der Waals surface area (Å²) in [4.78, 5) is 14.7. The molecular formula is C13H18N4O3S.